The Morgan fingerprint density at radius 3 is 0.946 bits per heavy atom. The Morgan fingerprint density at radius 2 is 0.696 bits per heavy atom. The van der Waals surface area contributed by atoms with Crippen LogP contribution >= 0.6 is 0 Å². The molecule has 490 valence electrons. The minimum Gasteiger partial charge on any atom is -1.00 e. The summed E-state index contributed by atoms with van der Waals surface area (Å²) in [5.41, 5.74) is 13.5. The van der Waals surface area contributed by atoms with Gasteiger partial charge in [0, 0.05) is 77.0 Å². The van der Waals surface area contributed by atoms with Gasteiger partial charge in [0.15, 0.2) is 13.6 Å². The summed E-state index contributed by atoms with van der Waals surface area (Å²) in [7, 11) is 0. The number of benzene rings is 6. The van der Waals surface area contributed by atoms with E-state index in [9.17, 15) is 32.3 Å². The van der Waals surface area contributed by atoms with E-state index in [1.807, 2.05) is 182 Å². The Bertz CT molecular complexity index is 3030. The fourth-order valence-corrected chi connectivity index (χ4v) is 15.5. The highest BCUT2D eigenvalue weighted by atomic mass is 35.5. The molecule has 6 aliphatic rings. The van der Waals surface area contributed by atoms with Crippen LogP contribution in [-0.4, -0.2) is 133 Å². The van der Waals surface area contributed by atoms with E-state index in [2.05, 4.69) is 0 Å². The third kappa shape index (κ3) is 15.4. The van der Waals surface area contributed by atoms with Gasteiger partial charge in [0.25, 0.3) is 0 Å². The van der Waals surface area contributed by atoms with E-state index >= 15 is 0 Å². The Labute approximate surface area is 541 Å². The Kier molecular flexibility index (Phi) is 23.2. The van der Waals surface area contributed by atoms with Gasteiger partial charge in [-0.1, -0.05) is 182 Å². The van der Waals surface area contributed by atoms with Crippen molar-refractivity contribution in [2.75, 3.05) is 39.8 Å². The molecule has 0 amide bonds. The van der Waals surface area contributed by atoms with Crippen molar-refractivity contribution in [2.24, 2.45) is 11.5 Å². The maximum atomic E-state index is 14.4. The summed E-state index contributed by atoms with van der Waals surface area (Å²) in [4.78, 5) is 63.3. The lowest BCUT2D eigenvalue weighted by Gasteiger charge is -2.47. The number of aliphatic carboxylic acids is 1. The number of ether oxygens (including phenoxy) is 6. The van der Waals surface area contributed by atoms with Gasteiger partial charge in [0.1, 0.15) is 30.3 Å². The summed E-state index contributed by atoms with van der Waals surface area (Å²) in [6.07, 6.45) is 8.67. The predicted molar refractivity (Wildman–Crippen MR) is 329 cm³/mol. The normalized spacial score (nSPS) is 22.2. The predicted octanol–water partition coefficient (Wildman–Crippen LogP) is 6.03. The molecule has 92 heavy (non-hydrogen) atoms. The number of carbonyl (C=O) groups is 5. The van der Waals surface area contributed by atoms with Gasteiger partial charge in [-0.25, -0.2) is 9.59 Å². The number of esters is 4. The molecule has 12 rings (SSSR count). The van der Waals surface area contributed by atoms with Crippen LogP contribution < -0.4 is 29.0 Å². The topological polar surface area (TPSA) is 216 Å². The number of carbonyl (C=O) groups excluding carboxylic acids is 5. The highest BCUT2D eigenvalue weighted by molar-refractivity contribution is 5.87. The van der Waals surface area contributed by atoms with Gasteiger partial charge in [-0.15, -0.1) is 0 Å². The molecule has 6 saturated heterocycles. The lowest BCUT2D eigenvalue weighted by atomic mass is 9.85. The number of piperidine rings is 2. The van der Waals surface area contributed by atoms with E-state index in [1.165, 1.54) is 86.5 Å². The zero-order valence-corrected chi connectivity index (χ0v) is 52.3. The molecule has 0 aliphatic carbocycles. The number of alkyl halides is 3. The van der Waals surface area contributed by atoms with Crippen molar-refractivity contribution in [3.05, 3.63) is 215 Å². The van der Waals surface area contributed by atoms with Crippen molar-refractivity contribution >= 4 is 29.8 Å². The second kappa shape index (κ2) is 31.0. The Balaban J connectivity index is 0.000000195. The lowest BCUT2D eigenvalue weighted by Crippen LogP contribution is -3.00. The van der Waals surface area contributed by atoms with Crippen LogP contribution in [0.5, 0.6) is 0 Å². The summed E-state index contributed by atoms with van der Waals surface area (Å²) in [5.74, 6) is -5.16. The molecule has 0 radical (unpaired) electrons. The van der Waals surface area contributed by atoms with Crippen LogP contribution in [0.4, 0.5) is 13.2 Å². The summed E-state index contributed by atoms with van der Waals surface area (Å²) >= 11 is 0. The fourth-order valence-electron chi connectivity index (χ4n) is 15.5. The standard InChI is InChI=1S/2C35H41N2O5.C2HF3O2.ClH/c2*36-32(22-26-12-4-1-5-13-26)33(38)40-25-41-35(27-14-6-2-7-15-27,28-16-8-3-9-17-28)34(39)42-31-23-29-18-19-30(24-31)37(29)20-10-11-21-37;3-2(4,5)1(6)7;/h2*1-9,12-17,29-32H,10-11,18-25,36H2;(H,6,7);1H/q2*+1;;/p-2/t2*29?,30?,31?,32-;;/m00../s1. The van der Waals surface area contributed by atoms with Gasteiger partial charge < -0.3 is 71.2 Å². The van der Waals surface area contributed by atoms with Gasteiger partial charge in [0.05, 0.1) is 50.3 Å². The number of carboxylic acids is 1. The molecule has 6 heterocycles. The van der Waals surface area contributed by atoms with Gasteiger partial charge >= 0.3 is 30.1 Å². The van der Waals surface area contributed by atoms with E-state index in [-0.39, 0.29) is 24.6 Å². The second-order valence-electron chi connectivity index (χ2n) is 24.9. The molecule has 4 unspecified atom stereocenters. The smallest absolute Gasteiger partial charge is 0.430 e. The van der Waals surface area contributed by atoms with Crippen molar-refractivity contribution in [2.45, 2.75) is 156 Å². The molecule has 0 aromatic heterocycles. The molecule has 4 bridgehead atoms. The van der Waals surface area contributed by atoms with Crippen LogP contribution in [0.25, 0.3) is 0 Å². The maximum Gasteiger partial charge on any atom is 0.430 e. The molecule has 6 aromatic carbocycles. The van der Waals surface area contributed by atoms with Crippen molar-refractivity contribution < 1.29 is 92.0 Å². The van der Waals surface area contributed by atoms with E-state index in [0.29, 0.717) is 59.3 Å². The average Bonchev–Trinajstić information content (AvgIpc) is 1.46. The van der Waals surface area contributed by atoms with Crippen molar-refractivity contribution in [3.8, 4) is 0 Å². The van der Waals surface area contributed by atoms with Gasteiger partial charge in [-0.2, -0.15) is 13.2 Å². The van der Waals surface area contributed by atoms with Crippen LogP contribution in [0.3, 0.4) is 0 Å². The number of hydrogen-bond donors (Lipinski definition) is 2. The number of halogens is 4. The first-order valence-corrected chi connectivity index (χ1v) is 31.8. The van der Waals surface area contributed by atoms with Crippen LogP contribution in [0.15, 0.2) is 182 Å². The van der Waals surface area contributed by atoms with Gasteiger partial charge in [-0.05, 0) is 46.2 Å². The molecule has 6 aliphatic heterocycles. The minimum absolute atomic E-state index is 0. The molecule has 6 fully saturated rings. The monoisotopic (exact) mass is 1290 g/mol. The summed E-state index contributed by atoms with van der Waals surface area (Å²) < 4.78 is 70.6. The van der Waals surface area contributed by atoms with E-state index in [1.54, 1.807) is 0 Å². The third-order valence-corrected chi connectivity index (χ3v) is 19.7. The third-order valence-electron chi connectivity index (χ3n) is 19.7. The number of nitrogens with two attached hydrogens (primary N) is 2. The highest BCUT2D eigenvalue weighted by Gasteiger charge is 2.59. The number of carboxylic acid groups (broad SMARTS) is 1. The van der Waals surface area contributed by atoms with Crippen molar-refractivity contribution in [1.82, 2.24) is 0 Å². The Hall–Kier alpha value is -7.49. The molecule has 20 heteroatoms. The first kappa shape index (κ1) is 68.9. The van der Waals surface area contributed by atoms with Gasteiger partial charge in [-0.3, -0.25) is 9.59 Å². The van der Waals surface area contributed by atoms with Gasteiger partial charge in [0.2, 0.25) is 11.2 Å². The zero-order valence-electron chi connectivity index (χ0n) is 51.5. The summed E-state index contributed by atoms with van der Waals surface area (Å²) in [6, 6.07) is 57.0. The number of rotatable bonds is 20. The number of nitrogens with zero attached hydrogens (tertiary/aromatic N) is 2. The van der Waals surface area contributed by atoms with Crippen LogP contribution in [0.1, 0.15) is 110 Å². The summed E-state index contributed by atoms with van der Waals surface area (Å²) in [5, 5.41) is 8.78. The van der Waals surface area contributed by atoms with Crippen LogP contribution in [0.2, 0.25) is 0 Å². The molecule has 6 atom stereocenters. The summed E-state index contributed by atoms with van der Waals surface area (Å²) in [6.45, 7) is 4.14. The number of quaternary nitrogens is 2. The van der Waals surface area contributed by atoms with Crippen molar-refractivity contribution in [3.63, 3.8) is 0 Å². The Morgan fingerprint density at radius 1 is 0.446 bits per heavy atom. The molecular formula is C72H82ClF3N4O12. The molecule has 4 N–H and O–H groups in total. The largest absolute Gasteiger partial charge is 1.00 e. The fraction of sp³-hybridized carbons (Fsp3) is 0.431. The molecular weight excluding hydrogens is 1210 g/mol. The first-order chi connectivity index (χ1) is 44.0. The molecule has 2 spiro atoms. The highest BCUT2D eigenvalue weighted by Crippen LogP contribution is 2.49. The lowest BCUT2D eigenvalue weighted by molar-refractivity contribution is -0.956. The van der Waals surface area contributed by atoms with E-state index in [4.69, 9.17) is 49.8 Å². The van der Waals surface area contributed by atoms with Crippen molar-refractivity contribution in [1.29, 1.82) is 0 Å². The second-order valence-corrected chi connectivity index (χ2v) is 24.9. The quantitative estimate of drug-likeness (QED) is 0.0387. The van der Waals surface area contributed by atoms with Crippen LogP contribution in [0, 0.1) is 0 Å². The SMILES string of the molecule is N[C@@H](Cc1ccccc1)C(=O)OCOC(C(=O)OC1CC2CCC(C1)[N+]21CCCC1)(c1ccccc1)c1ccccc1.N[C@@H](Cc1ccccc1)C(=O)OCOC(C(=O)OC1CC2CCC(C1)[N+]21CCCC1)(c1ccccc1)c1ccccc1.O=C([O-])C(F)(F)F.[Cl-]. The number of hydrogen-bond acceptors (Lipinski definition) is 14. The molecule has 16 nitrogen and oxygen atoms in total. The minimum atomic E-state index is -5.19. The average molecular weight is 1290 g/mol. The first-order valence-electron chi connectivity index (χ1n) is 31.8. The maximum absolute atomic E-state index is 14.4. The molecule has 0 saturated carbocycles. The van der Waals surface area contributed by atoms with E-state index in [0.717, 1.165) is 36.8 Å². The molecule has 6 aromatic rings. The van der Waals surface area contributed by atoms with E-state index < -0.39 is 72.9 Å². The zero-order chi connectivity index (χ0) is 64.1. The van der Waals surface area contributed by atoms with Crippen LogP contribution in [-0.2, 0) is 76.4 Å².